The lowest BCUT2D eigenvalue weighted by atomic mass is 10.1. The van der Waals surface area contributed by atoms with E-state index in [0.717, 1.165) is 35.3 Å². The van der Waals surface area contributed by atoms with Crippen LogP contribution in [-0.2, 0) is 19.5 Å². The number of aromatic nitrogens is 3. The predicted molar refractivity (Wildman–Crippen MR) is 101 cm³/mol. The first-order valence-electron chi connectivity index (χ1n) is 8.50. The average molecular weight is 348 g/mol. The van der Waals surface area contributed by atoms with Crippen molar-refractivity contribution in [3.8, 4) is 11.4 Å². The van der Waals surface area contributed by atoms with Gasteiger partial charge in [0.2, 0.25) is 0 Å². The van der Waals surface area contributed by atoms with E-state index >= 15 is 0 Å². The smallest absolute Gasteiger partial charge is 0.255 e. The Morgan fingerprint density at radius 1 is 1.15 bits per heavy atom. The summed E-state index contributed by atoms with van der Waals surface area (Å²) in [7, 11) is 0. The third-order valence-corrected chi connectivity index (χ3v) is 4.65. The van der Waals surface area contributed by atoms with Crippen molar-refractivity contribution in [2.45, 2.75) is 19.5 Å². The molecule has 7 nitrogen and oxygen atoms in total. The van der Waals surface area contributed by atoms with Gasteiger partial charge in [-0.3, -0.25) is 9.69 Å². The Labute approximate surface area is 150 Å². The molecule has 0 bridgehead atoms. The summed E-state index contributed by atoms with van der Waals surface area (Å²) in [6.45, 7) is 2.03. The monoisotopic (exact) mass is 348 g/mol. The predicted octanol–water partition coefficient (Wildman–Crippen LogP) is 1.55. The summed E-state index contributed by atoms with van der Waals surface area (Å²) in [4.78, 5) is 26.5. The molecule has 0 saturated heterocycles. The molecule has 7 heteroatoms. The van der Waals surface area contributed by atoms with Crippen LogP contribution in [0.25, 0.3) is 11.4 Å². The molecule has 0 saturated carbocycles. The number of pyridine rings is 1. The van der Waals surface area contributed by atoms with Crippen molar-refractivity contribution in [1.29, 1.82) is 0 Å². The van der Waals surface area contributed by atoms with Crippen LogP contribution in [0, 0.1) is 0 Å². The average Bonchev–Trinajstić information content (AvgIpc) is 2.64. The summed E-state index contributed by atoms with van der Waals surface area (Å²) in [5.41, 5.74) is 15.6. The SMILES string of the molecule is Nc1ccc(-c2nc3c(c(=O)[nH]2)CN(Cc2cccnc2N)CC3)cc1. The summed E-state index contributed by atoms with van der Waals surface area (Å²) < 4.78 is 0. The maximum atomic E-state index is 12.6. The number of nitrogens with one attached hydrogen (secondary N) is 1. The minimum absolute atomic E-state index is 0.0920. The van der Waals surface area contributed by atoms with Crippen LogP contribution in [0.5, 0.6) is 0 Å². The third-order valence-electron chi connectivity index (χ3n) is 4.65. The van der Waals surface area contributed by atoms with E-state index < -0.39 is 0 Å². The quantitative estimate of drug-likeness (QED) is 0.619. The molecule has 1 aliphatic rings. The van der Waals surface area contributed by atoms with Gasteiger partial charge in [0.25, 0.3) is 5.56 Å². The van der Waals surface area contributed by atoms with E-state index in [1.54, 1.807) is 18.3 Å². The van der Waals surface area contributed by atoms with E-state index in [1.807, 2.05) is 24.3 Å². The molecule has 1 aromatic carbocycles. The highest BCUT2D eigenvalue weighted by atomic mass is 16.1. The molecule has 1 aliphatic heterocycles. The van der Waals surface area contributed by atoms with Crippen molar-refractivity contribution in [2.24, 2.45) is 0 Å². The molecule has 0 aliphatic carbocycles. The lowest BCUT2D eigenvalue weighted by Crippen LogP contribution is -2.35. The van der Waals surface area contributed by atoms with Gasteiger partial charge >= 0.3 is 0 Å². The summed E-state index contributed by atoms with van der Waals surface area (Å²) in [5, 5.41) is 0. The minimum atomic E-state index is -0.0920. The van der Waals surface area contributed by atoms with Crippen LogP contribution in [0.2, 0.25) is 0 Å². The van der Waals surface area contributed by atoms with Crippen LogP contribution in [0.3, 0.4) is 0 Å². The number of nitrogen functional groups attached to an aromatic ring is 2. The molecule has 0 unspecified atom stereocenters. The number of aromatic amines is 1. The number of nitrogens with two attached hydrogens (primary N) is 2. The van der Waals surface area contributed by atoms with Gasteiger partial charge in [0.05, 0.1) is 11.3 Å². The van der Waals surface area contributed by atoms with Crippen LogP contribution in [-0.4, -0.2) is 26.4 Å². The van der Waals surface area contributed by atoms with E-state index in [9.17, 15) is 4.79 Å². The van der Waals surface area contributed by atoms with Gasteiger partial charge in [-0.1, -0.05) is 6.07 Å². The fourth-order valence-corrected chi connectivity index (χ4v) is 3.22. The van der Waals surface area contributed by atoms with Gasteiger partial charge in [0.1, 0.15) is 11.6 Å². The lowest BCUT2D eigenvalue weighted by Gasteiger charge is -2.28. The number of anilines is 2. The molecule has 132 valence electrons. The van der Waals surface area contributed by atoms with Gasteiger partial charge in [0, 0.05) is 49.1 Å². The van der Waals surface area contributed by atoms with Gasteiger partial charge in [-0.2, -0.15) is 0 Å². The van der Waals surface area contributed by atoms with Crippen LogP contribution < -0.4 is 17.0 Å². The molecule has 0 spiro atoms. The van der Waals surface area contributed by atoms with E-state index in [2.05, 4.69) is 19.9 Å². The zero-order chi connectivity index (χ0) is 18.1. The van der Waals surface area contributed by atoms with Crippen LogP contribution in [0.4, 0.5) is 11.5 Å². The number of nitrogens with zero attached hydrogens (tertiary/aromatic N) is 3. The summed E-state index contributed by atoms with van der Waals surface area (Å²) in [5.74, 6) is 1.11. The number of benzene rings is 1. The summed E-state index contributed by atoms with van der Waals surface area (Å²) in [6.07, 6.45) is 2.40. The van der Waals surface area contributed by atoms with Gasteiger partial charge < -0.3 is 16.5 Å². The molecule has 2 aromatic heterocycles. The van der Waals surface area contributed by atoms with Crippen LogP contribution >= 0.6 is 0 Å². The van der Waals surface area contributed by atoms with E-state index in [-0.39, 0.29) is 5.56 Å². The standard InChI is InChI=1S/C19H20N6O/c20-14-5-3-12(4-6-14)18-23-16-7-9-25(11-15(16)19(26)24-18)10-13-2-1-8-22-17(13)21/h1-6,8H,7,9-11,20H2,(H2,21,22)(H,23,24,26). The Morgan fingerprint density at radius 3 is 2.73 bits per heavy atom. The number of hydrogen-bond acceptors (Lipinski definition) is 6. The summed E-state index contributed by atoms with van der Waals surface area (Å²) in [6, 6.07) is 11.2. The van der Waals surface area contributed by atoms with Crippen molar-refractivity contribution in [2.75, 3.05) is 18.0 Å². The van der Waals surface area contributed by atoms with Crippen molar-refractivity contribution in [1.82, 2.24) is 19.9 Å². The molecule has 3 aromatic rings. The highest BCUT2D eigenvalue weighted by Gasteiger charge is 2.22. The van der Waals surface area contributed by atoms with Gasteiger partial charge in [-0.25, -0.2) is 9.97 Å². The zero-order valence-corrected chi connectivity index (χ0v) is 14.3. The largest absolute Gasteiger partial charge is 0.399 e. The fourth-order valence-electron chi connectivity index (χ4n) is 3.22. The zero-order valence-electron chi connectivity index (χ0n) is 14.3. The molecule has 0 atom stereocenters. The van der Waals surface area contributed by atoms with Crippen molar-refractivity contribution in [3.05, 3.63) is 69.8 Å². The van der Waals surface area contributed by atoms with Gasteiger partial charge in [-0.15, -0.1) is 0 Å². The molecule has 26 heavy (non-hydrogen) atoms. The molecule has 0 amide bonds. The Hall–Kier alpha value is -3.19. The highest BCUT2D eigenvalue weighted by molar-refractivity contribution is 5.58. The maximum Gasteiger partial charge on any atom is 0.255 e. The molecule has 4 rings (SSSR count). The van der Waals surface area contributed by atoms with Crippen molar-refractivity contribution < 1.29 is 0 Å². The van der Waals surface area contributed by atoms with E-state index in [0.29, 0.717) is 30.4 Å². The van der Waals surface area contributed by atoms with Crippen LogP contribution in [0.1, 0.15) is 16.8 Å². The second kappa shape index (κ2) is 6.61. The second-order valence-electron chi connectivity index (χ2n) is 6.47. The molecular weight excluding hydrogens is 328 g/mol. The molecular formula is C19H20N6O. The van der Waals surface area contributed by atoms with Gasteiger partial charge in [0.15, 0.2) is 0 Å². The van der Waals surface area contributed by atoms with Crippen molar-refractivity contribution in [3.63, 3.8) is 0 Å². The van der Waals surface area contributed by atoms with Gasteiger partial charge in [-0.05, 0) is 30.3 Å². The maximum absolute atomic E-state index is 12.6. The molecule has 3 heterocycles. The first kappa shape index (κ1) is 16.3. The van der Waals surface area contributed by atoms with E-state index in [1.165, 1.54) is 0 Å². The number of hydrogen-bond donors (Lipinski definition) is 3. The Kier molecular flexibility index (Phi) is 4.14. The second-order valence-corrected chi connectivity index (χ2v) is 6.47. The molecule has 5 N–H and O–H groups in total. The normalized spacial score (nSPS) is 14.2. The third kappa shape index (κ3) is 3.16. The van der Waals surface area contributed by atoms with Crippen LogP contribution in [0.15, 0.2) is 47.4 Å². The van der Waals surface area contributed by atoms with Crippen molar-refractivity contribution >= 4 is 11.5 Å². The lowest BCUT2D eigenvalue weighted by molar-refractivity contribution is 0.242. The first-order chi connectivity index (χ1) is 12.6. The Bertz CT molecular complexity index is 996. The molecule has 0 fully saturated rings. The number of H-pyrrole nitrogens is 1. The first-order valence-corrected chi connectivity index (χ1v) is 8.50. The van der Waals surface area contributed by atoms with E-state index in [4.69, 9.17) is 11.5 Å². The Morgan fingerprint density at radius 2 is 1.96 bits per heavy atom. The summed E-state index contributed by atoms with van der Waals surface area (Å²) >= 11 is 0. The number of rotatable bonds is 3. The molecule has 0 radical (unpaired) electrons. The topological polar surface area (TPSA) is 114 Å². The fraction of sp³-hybridized carbons (Fsp3) is 0.211. The minimum Gasteiger partial charge on any atom is -0.399 e. The highest BCUT2D eigenvalue weighted by Crippen LogP contribution is 2.21. The number of fused-ring (bicyclic) bond motifs is 1. The Balaban J connectivity index is 1.59.